The van der Waals surface area contributed by atoms with Gasteiger partial charge in [-0.05, 0) is 48.7 Å². The average molecular weight is 323 g/mol. The summed E-state index contributed by atoms with van der Waals surface area (Å²) >= 11 is 5.35. The van der Waals surface area contributed by atoms with Crippen molar-refractivity contribution in [3.8, 4) is 0 Å². The fourth-order valence-electron chi connectivity index (χ4n) is 2.80. The van der Waals surface area contributed by atoms with Gasteiger partial charge in [0.1, 0.15) is 5.82 Å². The monoisotopic (exact) mass is 323 g/mol. The summed E-state index contributed by atoms with van der Waals surface area (Å²) in [5.41, 5.74) is 1.03. The SMILES string of the molecule is CC(C)CN1CCC(NC(=S)NCc2ccc(F)cc2)CC1. The molecule has 0 amide bonds. The van der Waals surface area contributed by atoms with Crippen molar-refractivity contribution < 1.29 is 4.39 Å². The molecule has 0 unspecified atom stereocenters. The van der Waals surface area contributed by atoms with E-state index in [9.17, 15) is 4.39 Å². The molecule has 0 atom stereocenters. The summed E-state index contributed by atoms with van der Waals surface area (Å²) in [6.45, 7) is 8.60. The van der Waals surface area contributed by atoms with Crippen molar-refractivity contribution in [1.82, 2.24) is 15.5 Å². The zero-order chi connectivity index (χ0) is 15.9. The topological polar surface area (TPSA) is 27.3 Å². The Morgan fingerprint density at radius 1 is 1.27 bits per heavy atom. The van der Waals surface area contributed by atoms with E-state index in [0.29, 0.717) is 17.7 Å². The molecule has 0 aliphatic carbocycles. The van der Waals surface area contributed by atoms with Crippen molar-refractivity contribution in [2.45, 2.75) is 39.3 Å². The highest BCUT2D eigenvalue weighted by Crippen LogP contribution is 2.12. The standard InChI is InChI=1S/C17H26FN3S/c1-13(2)12-21-9-7-16(8-10-21)20-17(22)19-11-14-3-5-15(18)6-4-14/h3-6,13,16H,7-12H2,1-2H3,(H2,19,20,22). The molecule has 0 radical (unpaired) electrons. The van der Waals surface area contributed by atoms with Crippen LogP contribution in [0.5, 0.6) is 0 Å². The highest BCUT2D eigenvalue weighted by atomic mass is 32.1. The van der Waals surface area contributed by atoms with E-state index in [0.717, 1.165) is 37.4 Å². The predicted molar refractivity (Wildman–Crippen MR) is 93.3 cm³/mol. The third kappa shape index (κ3) is 5.89. The lowest BCUT2D eigenvalue weighted by molar-refractivity contribution is 0.187. The van der Waals surface area contributed by atoms with Gasteiger partial charge in [0.2, 0.25) is 0 Å². The second kappa shape index (κ2) is 8.44. The molecule has 1 aromatic carbocycles. The van der Waals surface area contributed by atoms with Crippen molar-refractivity contribution in [2.75, 3.05) is 19.6 Å². The van der Waals surface area contributed by atoms with Crippen LogP contribution in [0.3, 0.4) is 0 Å². The molecule has 1 saturated heterocycles. The zero-order valence-corrected chi connectivity index (χ0v) is 14.3. The maximum absolute atomic E-state index is 12.8. The van der Waals surface area contributed by atoms with Gasteiger partial charge < -0.3 is 15.5 Å². The van der Waals surface area contributed by atoms with Crippen LogP contribution in [0.1, 0.15) is 32.3 Å². The molecule has 2 N–H and O–H groups in total. The van der Waals surface area contributed by atoms with Crippen LogP contribution < -0.4 is 10.6 Å². The predicted octanol–water partition coefficient (Wildman–Crippen LogP) is 2.91. The molecular weight excluding hydrogens is 297 g/mol. The number of hydrogen-bond donors (Lipinski definition) is 2. The first-order chi connectivity index (χ1) is 10.5. The van der Waals surface area contributed by atoms with Crippen LogP contribution in [0.2, 0.25) is 0 Å². The van der Waals surface area contributed by atoms with E-state index in [1.165, 1.54) is 18.7 Å². The van der Waals surface area contributed by atoms with Crippen molar-refractivity contribution in [1.29, 1.82) is 0 Å². The summed E-state index contributed by atoms with van der Waals surface area (Å²) < 4.78 is 12.8. The van der Waals surface area contributed by atoms with Crippen LogP contribution in [0.15, 0.2) is 24.3 Å². The molecule has 1 aliphatic heterocycles. The molecule has 0 aromatic heterocycles. The van der Waals surface area contributed by atoms with Crippen LogP contribution in [0, 0.1) is 11.7 Å². The lowest BCUT2D eigenvalue weighted by Crippen LogP contribution is -2.48. The Labute approximate surface area is 138 Å². The molecule has 0 bridgehead atoms. The molecule has 5 heteroatoms. The van der Waals surface area contributed by atoms with E-state index >= 15 is 0 Å². The molecule has 2 rings (SSSR count). The van der Waals surface area contributed by atoms with Gasteiger partial charge in [-0.15, -0.1) is 0 Å². The van der Waals surface area contributed by atoms with Crippen molar-refractivity contribution in [3.05, 3.63) is 35.6 Å². The average Bonchev–Trinajstić information content (AvgIpc) is 2.48. The molecule has 1 aliphatic rings. The Bertz CT molecular complexity index is 467. The lowest BCUT2D eigenvalue weighted by atomic mass is 10.0. The summed E-state index contributed by atoms with van der Waals surface area (Å²) in [6.07, 6.45) is 2.26. The largest absolute Gasteiger partial charge is 0.360 e. The van der Waals surface area contributed by atoms with Gasteiger partial charge in [-0.2, -0.15) is 0 Å². The Kier molecular flexibility index (Phi) is 6.58. The second-order valence-electron chi connectivity index (χ2n) is 6.42. The molecular formula is C17H26FN3S. The van der Waals surface area contributed by atoms with Crippen LogP contribution in [0.25, 0.3) is 0 Å². The smallest absolute Gasteiger partial charge is 0.166 e. The highest BCUT2D eigenvalue weighted by molar-refractivity contribution is 7.80. The Hall–Kier alpha value is -1.20. The van der Waals surface area contributed by atoms with E-state index in [4.69, 9.17) is 12.2 Å². The van der Waals surface area contributed by atoms with Gasteiger partial charge >= 0.3 is 0 Å². The number of benzene rings is 1. The minimum atomic E-state index is -0.211. The first kappa shape index (κ1) is 17.2. The number of rotatable bonds is 5. The number of nitrogens with zero attached hydrogens (tertiary/aromatic N) is 1. The number of hydrogen-bond acceptors (Lipinski definition) is 2. The normalized spacial score (nSPS) is 16.7. The van der Waals surface area contributed by atoms with E-state index in [1.807, 2.05) is 0 Å². The number of halogens is 1. The molecule has 1 fully saturated rings. The van der Waals surface area contributed by atoms with Crippen molar-refractivity contribution in [2.24, 2.45) is 5.92 Å². The Balaban J connectivity index is 1.66. The Morgan fingerprint density at radius 2 is 1.91 bits per heavy atom. The van der Waals surface area contributed by atoms with Crippen LogP contribution in [0.4, 0.5) is 4.39 Å². The third-order valence-electron chi connectivity index (χ3n) is 3.91. The lowest BCUT2D eigenvalue weighted by Gasteiger charge is -2.33. The number of likely N-dealkylation sites (tertiary alicyclic amines) is 1. The summed E-state index contributed by atoms with van der Waals surface area (Å²) in [7, 11) is 0. The molecule has 1 heterocycles. The molecule has 122 valence electrons. The van der Waals surface area contributed by atoms with Crippen molar-refractivity contribution in [3.63, 3.8) is 0 Å². The van der Waals surface area contributed by atoms with E-state index in [2.05, 4.69) is 29.4 Å². The van der Waals surface area contributed by atoms with Crippen molar-refractivity contribution >= 4 is 17.3 Å². The van der Waals surface area contributed by atoms with E-state index < -0.39 is 0 Å². The van der Waals surface area contributed by atoms with Gasteiger partial charge in [0.05, 0.1) is 0 Å². The summed E-state index contributed by atoms with van der Waals surface area (Å²) in [4.78, 5) is 2.53. The van der Waals surface area contributed by atoms with Gasteiger partial charge in [0.25, 0.3) is 0 Å². The maximum atomic E-state index is 12.8. The molecule has 0 saturated carbocycles. The van der Waals surface area contributed by atoms with Gasteiger partial charge in [0.15, 0.2) is 5.11 Å². The maximum Gasteiger partial charge on any atom is 0.166 e. The van der Waals surface area contributed by atoms with E-state index in [-0.39, 0.29) is 5.82 Å². The highest BCUT2D eigenvalue weighted by Gasteiger charge is 2.19. The molecule has 1 aromatic rings. The summed E-state index contributed by atoms with van der Waals surface area (Å²) in [5, 5.41) is 7.27. The zero-order valence-electron chi connectivity index (χ0n) is 13.4. The second-order valence-corrected chi connectivity index (χ2v) is 6.83. The van der Waals surface area contributed by atoms with Gasteiger partial charge in [0, 0.05) is 32.2 Å². The number of thiocarbonyl (C=S) groups is 1. The minimum absolute atomic E-state index is 0.211. The third-order valence-corrected chi connectivity index (χ3v) is 4.17. The molecule has 0 spiro atoms. The summed E-state index contributed by atoms with van der Waals surface area (Å²) in [6, 6.07) is 6.94. The fourth-order valence-corrected chi connectivity index (χ4v) is 3.04. The minimum Gasteiger partial charge on any atom is -0.360 e. The van der Waals surface area contributed by atoms with E-state index in [1.54, 1.807) is 12.1 Å². The number of nitrogens with one attached hydrogen (secondary N) is 2. The van der Waals surface area contributed by atoms with Gasteiger partial charge in [-0.1, -0.05) is 26.0 Å². The van der Waals surface area contributed by atoms with Gasteiger partial charge in [-0.25, -0.2) is 4.39 Å². The van der Waals surface area contributed by atoms with Crippen LogP contribution in [-0.2, 0) is 6.54 Å². The fraction of sp³-hybridized carbons (Fsp3) is 0.588. The Morgan fingerprint density at radius 3 is 2.50 bits per heavy atom. The van der Waals surface area contributed by atoms with Crippen LogP contribution in [-0.4, -0.2) is 35.7 Å². The summed E-state index contributed by atoms with van der Waals surface area (Å²) in [5.74, 6) is 0.514. The molecule has 22 heavy (non-hydrogen) atoms. The molecule has 3 nitrogen and oxygen atoms in total. The first-order valence-corrected chi connectivity index (χ1v) is 8.45. The van der Waals surface area contributed by atoms with Gasteiger partial charge in [-0.3, -0.25) is 0 Å². The number of piperidine rings is 1. The van der Waals surface area contributed by atoms with Crippen LogP contribution >= 0.6 is 12.2 Å². The quantitative estimate of drug-likeness (QED) is 0.815. The first-order valence-electron chi connectivity index (χ1n) is 8.04.